The van der Waals surface area contributed by atoms with E-state index >= 15 is 0 Å². The van der Waals surface area contributed by atoms with Gasteiger partial charge in [-0.2, -0.15) is 0 Å². The monoisotopic (exact) mass is 394 g/mol. The molecule has 5 heteroatoms. The smallest absolute Gasteiger partial charge is 0.258 e. The highest BCUT2D eigenvalue weighted by Gasteiger charge is 2.39. The number of rotatable bonds is 7. The van der Waals surface area contributed by atoms with Crippen LogP contribution in [0.2, 0.25) is 0 Å². The molecule has 2 bridgehead atoms. The molecule has 4 rings (SSSR count). The first-order valence-corrected chi connectivity index (χ1v) is 10.6. The van der Waals surface area contributed by atoms with E-state index < -0.39 is 0 Å². The molecule has 1 amide bonds. The van der Waals surface area contributed by atoms with Gasteiger partial charge in [-0.1, -0.05) is 48.9 Å². The number of fused-ring (bicyclic) bond motifs is 2. The molecule has 0 heterocycles. The van der Waals surface area contributed by atoms with E-state index in [1.54, 1.807) is 0 Å². The fourth-order valence-electron chi connectivity index (χ4n) is 4.82. The van der Waals surface area contributed by atoms with E-state index in [9.17, 15) is 4.79 Å². The molecule has 0 saturated heterocycles. The number of benzene rings is 2. The maximum absolute atomic E-state index is 12.6. The number of amides is 1. The van der Waals surface area contributed by atoms with Gasteiger partial charge in [0.15, 0.2) is 18.1 Å². The van der Waals surface area contributed by atoms with Gasteiger partial charge in [0.05, 0.1) is 0 Å². The predicted molar refractivity (Wildman–Crippen MR) is 113 cm³/mol. The molecular weight excluding hydrogens is 364 g/mol. The summed E-state index contributed by atoms with van der Waals surface area (Å²) in [5.41, 5.74) is 7.27. The van der Waals surface area contributed by atoms with Crippen molar-refractivity contribution in [2.24, 2.45) is 17.6 Å². The number of para-hydroxylation sites is 2. The summed E-state index contributed by atoms with van der Waals surface area (Å²) in [5.74, 6) is 2.17. The number of carbonyl (C=O) groups is 1. The van der Waals surface area contributed by atoms with Crippen molar-refractivity contribution in [2.75, 3.05) is 6.61 Å². The Bertz CT molecular complexity index is 797. The lowest BCUT2D eigenvalue weighted by molar-refractivity contribution is -0.125. The molecule has 2 aliphatic rings. The van der Waals surface area contributed by atoms with Gasteiger partial charge in [-0.3, -0.25) is 4.79 Å². The molecule has 0 aromatic heterocycles. The number of nitrogens with one attached hydrogen (secondary N) is 1. The topological polar surface area (TPSA) is 73.6 Å². The van der Waals surface area contributed by atoms with Crippen molar-refractivity contribution in [1.29, 1.82) is 0 Å². The Hall–Kier alpha value is -2.53. The van der Waals surface area contributed by atoms with Gasteiger partial charge >= 0.3 is 0 Å². The van der Waals surface area contributed by atoms with Crippen LogP contribution in [-0.2, 0) is 11.4 Å². The molecular formula is C24H30N2O3. The van der Waals surface area contributed by atoms with Crippen LogP contribution in [0.25, 0.3) is 0 Å². The number of hydrogen-bond donors (Lipinski definition) is 2. The van der Waals surface area contributed by atoms with Crippen LogP contribution in [0.5, 0.6) is 11.5 Å². The lowest BCUT2D eigenvalue weighted by atomic mass is 9.67. The maximum Gasteiger partial charge on any atom is 0.258 e. The Morgan fingerprint density at radius 2 is 1.55 bits per heavy atom. The van der Waals surface area contributed by atoms with E-state index in [0.29, 0.717) is 29.9 Å². The van der Waals surface area contributed by atoms with E-state index in [4.69, 9.17) is 15.2 Å². The zero-order chi connectivity index (χ0) is 20.1. The minimum absolute atomic E-state index is 0.00625. The first kappa shape index (κ1) is 19.8. The Morgan fingerprint density at radius 3 is 2.24 bits per heavy atom. The van der Waals surface area contributed by atoms with E-state index in [1.807, 2.05) is 54.6 Å². The fraction of sp³-hybridized carbons (Fsp3) is 0.458. The average molecular weight is 395 g/mol. The maximum atomic E-state index is 12.6. The van der Waals surface area contributed by atoms with Crippen LogP contribution in [0, 0.1) is 11.8 Å². The number of ether oxygens (including phenoxy) is 2. The minimum atomic E-state index is -0.0692. The van der Waals surface area contributed by atoms with Gasteiger partial charge in [-0.05, 0) is 55.2 Å². The predicted octanol–water partition coefficient (Wildman–Crippen LogP) is 3.67. The second-order valence-corrected chi connectivity index (χ2v) is 8.29. The molecule has 2 saturated carbocycles. The van der Waals surface area contributed by atoms with Crippen LogP contribution in [0.1, 0.15) is 37.7 Å². The summed E-state index contributed by atoms with van der Waals surface area (Å²) in [6, 6.07) is 18.0. The second kappa shape index (κ2) is 9.31. The zero-order valence-corrected chi connectivity index (χ0v) is 16.8. The van der Waals surface area contributed by atoms with Crippen molar-refractivity contribution in [1.82, 2.24) is 5.32 Å². The van der Waals surface area contributed by atoms with Crippen LogP contribution in [0.15, 0.2) is 54.6 Å². The van der Waals surface area contributed by atoms with Gasteiger partial charge in [-0.15, -0.1) is 0 Å². The summed E-state index contributed by atoms with van der Waals surface area (Å²) in [5, 5.41) is 3.23. The van der Waals surface area contributed by atoms with Crippen LogP contribution >= 0.6 is 0 Å². The molecule has 29 heavy (non-hydrogen) atoms. The molecule has 0 aliphatic heterocycles. The van der Waals surface area contributed by atoms with Crippen LogP contribution in [0.3, 0.4) is 0 Å². The molecule has 2 aromatic rings. The number of carbonyl (C=O) groups excluding carboxylic acids is 1. The molecule has 0 spiro atoms. The van der Waals surface area contributed by atoms with E-state index in [1.165, 1.54) is 6.42 Å². The van der Waals surface area contributed by atoms with Gasteiger partial charge in [-0.25, -0.2) is 0 Å². The molecule has 2 unspecified atom stereocenters. The lowest BCUT2D eigenvalue weighted by Gasteiger charge is -2.45. The van der Waals surface area contributed by atoms with Gasteiger partial charge < -0.3 is 20.5 Å². The van der Waals surface area contributed by atoms with E-state index in [0.717, 1.165) is 31.2 Å². The highest BCUT2D eigenvalue weighted by Crippen LogP contribution is 2.39. The van der Waals surface area contributed by atoms with Gasteiger partial charge in [0.25, 0.3) is 5.91 Å². The first-order valence-electron chi connectivity index (χ1n) is 10.6. The van der Waals surface area contributed by atoms with Crippen molar-refractivity contribution in [3.8, 4) is 11.5 Å². The molecule has 2 aliphatic carbocycles. The molecule has 0 radical (unpaired) electrons. The SMILES string of the molecule is NC1CC2CCCC(C1)C2NC(=O)COc1ccccc1OCc1ccccc1. The third-order valence-electron chi connectivity index (χ3n) is 6.15. The first-order chi connectivity index (χ1) is 14.2. The zero-order valence-electron chi connectivity index (χ0n) is 16.8. The van der Waals surface area contributed by atoms with Gasteiger partial charge in [0, 0.05) is 12.1 Å². The highest BCUT2D eigenvalue weighted by molar-refractivity contribution is 5.78. The van der Waals surface area contributed by atoms with Gasteiger partial charge in [0.2, 0.25) is 0 Å². The Morgan fingerprint density at radius 1 is 0.931 bits per heavy atom. The number of nitrogens with two attached hydrogens (primary N) is 1. The van der Waals surface area contributed by atoms with Gasteiger partial charge in [0.1, 0.15) is 6.61 Å². The second-order valence-electron chi connectivity index (χ2n) is 8.29. The molecule has 3 N–H and O–H groups in total. The summed E-state index contributed by atoms with van der Waals surface area (Å²) in [4.78, 5) is 12.6. The third kappa shape index (κ3) is 5.10. The third-order valence-corrected chi connectivity index (χ3v) is 6.15. The molecule has 2 fully saturated rings. The van der Waals surface area contributed by atoms with Crippen LogP contribution in [0.4, 0.5) is 0 Å². The summed E-state index contributed by atoms with van der Waals surface area (Å²) >= 11 is 0. The highest BCUT2D eigenvalue weighted by atomic mass is 16.5. The largest absolute Gasteiger partial charge is 0.485 e. The van der Waals surface area contributed by atoms with Crippen LogP contribution < -0.4 is 20.5 Å². The molecule has 2 aromatic carbocycles. The lowest BCUT2D eigenvalue weighted by Crippen LogP contribution is -2.54. The molecule has 5 nitrogen and oxygen atoms in total. The summed E-state index contributed by atoms with van der Waals surface area (Å²) in [6.45, 7) is 0.451. The number of hydrogen-bond acceptors (Lipinski definition) is 4. The van der Waals surface area contributed by atoms with Crippen LogP contribution in [-0.4, -0.2) is 24.6 Å². The molecule has 2 atom stereocenters. The van der Waals surface area contributed by atoms with Crippen molar-refractivity contribution < 1.29 is 14.3 Å². The average Bonchev–Trinajstić information content (AvgIpc) is 2.73. The standard InChI is InChI=1S/C24H30N2O3/c25-20-13-18-9-6-10-19(14-20)24(18)26-23(27)16-29-22-12-5-4-11-21(22)28-15-17-7-2-1-3-8-17/h1-5,7-8,11-12,18-20,24H,6,9-10,13-16,25H2,(H,26,27). The van der Waals surface area contributed by atoms with E-state index in [-0.39, 0.29) is 24.6 Å². The summed E-state index contributed by atoms with van der Waals surface area (Å²) in [7, 11) is 0. The summed E-state index contributed by atoms with van der Waals surface area (Å²) < 4.78 is 11.7. The quantitative estimate of drug-likeness (QED) is 0.752. The Kier molecular flexibility index (Phi) is 6.35. The fourth-order valence-corrected chi connectivity index (χ4v) is 4.82. The summed E-state index contributed by atoms with van der Waals surface area (Å²) in [6.07, 6.45) is 5.59. The van der Waals surface area contributed by atoms with Crippen molar-refractivity contribution >= 4 is 5.91 Å². The normalized spacial score (nSPS) is 25.8. The van der Waals surface area contributed by atoms with Crippen molar-refractivity contribution in [2.45, 2.75) is 50.8 Å². The molecule has 154 valence electrons. The van der Waals surface area contributed by atoms with E-state index in [2.05, 4.69) is 5.32 Å². The van der Waals surface area contributed by atoms with Crippen molar-refractivity contribution in [3.05, 3.63) is 60.2 Å². The Labute approximate surface area is 172 Å². The Balaban J connectivity index is 1.31. The minimum Gasteiger partial charge on any atom is -0.485 e. The van der Waals surface area contributed by atoms with Crippen molar-refractivity contribution in [3.63, 3.8) is 0 Å².